The molecule has 12 nitrogen and oxygen atoms in total. The predicted octanol–water partition coefficient (Wildman–Crippen LogP) is 3.50. The van der Waals surface area contributed by atoms with Crippen LogP contribution in [0.25, 0.3) is 11.5 Å². The first-order valence-corrected chi connectivity index (χ1v) is 10.9. The Morgan fingerprint density at radius 2 is 1.97 bits per heavy atom. The number of aryl methyl sites for hydroxylation is 1. The third-order valence-corrected chi connectivity index (χ3v) is 5.96. The zero-order valence-electron chi connectivity index (χ0n) is 19.1. The molecule has 3 aromatic heterocycles. The molecule has 1 fully saturated rings. The number of hydrogen-bond acceptors (Lipinski definition) is 9. The molecule has 2 amide bonds. The number of anilines is 2. The molecule has 3 atom stereocenters. The Morgan fingerprint density at radius 3 is 2.59 bits per heavy atom. The highest BCUT2D eigenvalue weighted by molar-refractivity contribution is 6.30. The molecule has 0 spiro atoms. The molecule has 1 aliphatic carbocycles. The van der Waals surface area contributed by atoms with Gasteiger partial charge in [0.25, 0.3) is 0 Å². The van der Waals surface area contributed by atoms with Crippen molar-refractivity contribution in [2.75, 3.05) is 10.6 Å². The van der Waals surface area contributed by atoms with Crippen molar-refractivity contribution in [3.8, 4) is 17.6 Å². The largest absolute Gasteiger partial charge is 0.441 e. The quantitative estimate of drug-likeness (QED) is 0.431. The van der Waals surface area contributed by atoms with E-state index in [2.05, 4.69) is 35.9 Å². The van der Waals surface area contributed by atoms with Gasteiger partial charge in [0.05, 0.1) is 30.3 Å². The number of halogens is 4. The fourth-order valence-electron chi connectivity index (χ4n) is 3.51. The Hall–Kier alpha value is -4.32. The standard InChI is InChI=1S/C21H17ClF3N9O3/c1-9(12-3-10(23)5-27-15(12)22)37-20(36)31-18-14(32-33-34(18)2)17-28-6-11(7-29-17)30-19(35)21(8-26)4-13(21)16(24)25/h3,5-7,9,13,16H,4H2,1-2H3,(H,30,35)(H,31,36)/t9-,13-,21-/m1/s1. The summed E-state index contributed by atoms with van der Waals surface area (Å²) in [6.07, 6.45) is -1.63. The van der Waals surface area contributed by atoms with Crippen LogP contribution in [0.4, 0.5) is 29.5 Å². The van der Waals surface area contributed by atoms with Crippen molar-refractivity contribution < 1.29 is 27.5 Å². The number of ether oxygens (including phenoxy) is 1. The lowest BCUT2D eigenvalue weighted by Gasteiger charge is -2.15. The smallest absolute Gasteiger partial charge is 0.413 e. The Bertz CT molecular complexity index is 1400. The molecule has 0 aromatic carbocycles. The number of rotatable bonds is 7. The van der Waals surface area contributed by atoms with Crippen LogP contribution in [0.3, 0.4) is 0 Å². The number of nitrogens with zero attached hydrogens (tertiary/aromatic N) is 7. The maximum atomic E-state index is 13.5. The zero-order chi connectivity index (χ0) is 26.9. The summed E-state index contributed by atoms with van der Waals surface area (Å²) in [5.74, 6) is -2.80. The molecule has 0 unspecified atom stereocenters. The second kappa shape index (κ2) is 9.97. The molecule has 3 aromatic rings. The van der Waals surface area contributed by atoms with Gasteiger partial charge in [0, 0.05) is 18.5 Å². The van der Waals surface area contributed by atoms with E-state index < -0.39 is 41.7 Å². The van der Waals surface area contributed by atoms with Crippen LogP contribution in [0.1, 0.15) is 25.0 Å². The van der Waals surface area contributed by atoms with E-state index in [0.29, 0.717) is 0 Å². The van der Waals surface area contributed by atoms with Gasteiger partial charge in [-0.25, -0.2) is 37.6 Å². The molecule has 192 valence electrons. The molecule has 0 saturated heterocycles. The van der Waals surface area contributed by atoms with Crippen molar-refractivity contribution in [3.05, 3.63) is 41.2 Å². The minimum Gasteiger partial charge on any atom is -0.441 e. The molecule has 0 aliphatic heterocycles. The molecular formula is C21H17ClF3N9O3. The van der Waals surface area contributed by atoms with E-state index in [1.165, 1.54) is 31.0 Å². The Kier molecular flexibility index (Phi) is 6.94. The highest BCUT2D eigenvalue weighted by atomic mass is 35.5. The van der Waals surface area contributed by atoms with Crippen LogP contribution in [-0.4, -0.2) is 48.4 Å². The molecule has 0 bridgehead atoms. The van der Waals surface area contributed by atoms with Crippen LogP contribution < -0.4 is 10.6 Å². The van der Waals surface area contributed by atoms with Crippen LogP contribution >= 0.6 is 11.6 Å². The third-order valence-electron chi connectivity index (χ3n) is 5.65. The van der Waals surface area contributed by atoms with E-state index in [9.17, 15) is 28.0 Å². The fourth-order valence-corrected chi connectivity index (χ4v) is 3.77. The predicted molar refractivity (Wildman–Crippen MR) is 121 cm³/mol. The SMILES string of the molecule is C[C@@H](OC(=O)Nc1c(-c2ncc(NC(=O)[C@@]3(C#N)C[C@@H]3C(F)F)cn2)nnn1C)c1cc(F)cnc1Cl. The normalized spacial score (nSPS) is 19.1. The van der Waals surface area contributed by atoms with E-state index in [4.69, 9.17) is 16.3 Å². The number of amides is 2. The third kappa shape index (κ3) is 5.14. The van der Waals surface area contributed by atoms with Gasteiger partial charge < -0.3 is 10.1 Å². The summed E-state index contributed by atoms with van der Waals surface area (Å²) < 4.78 is 45.8. The maximum absolute atomic E-state index is 13.5. The summed E-state index contributed by atoms with van der Waals surface area (Å²) >= 11 is 5.94. The molecule has 16 heteroatoms. The van der Waals surface area contributed by atoms with Gasteiger partial charge in [0.15, 0.2) is 17.3 Å². The van der Waals surface area contributed by atoms with Crippen LogP contribution in [0.5, 0.6) is 0 Å². The zero-order valence-corrected chi connectivity index (χ0v) is 19.9. The number of pyridine rings is 1. The first-order valence-electron chi connectivity index (χ1n) is 10.6. The minimum atomic E-state index is -2.79. The number of aromatic nitrogens is 6. The summed E-state index contributed by atoms with van der Waals surface area (Å²) in [6, 6.07) is 2.75. The molecular weight excluding hydrogens is 519 g/mol. The Labute approximate surface area is 211 Å². The van der Waals surface area contributed by atoms with Crippen LogP contribution in [0.2, 0.25) is 5.15 Å². The first-order chi connectivity index (χ1) is 17.6. The molecule has 4 rings (SSSR count). The van der Waals surface area contributed by atoms with Crippen molar-refractivity contribution in [1.82, 2.24) is 29.9 Å². The van der Waals surface area contributed by atoms with E-state index in [1.54, 1.807) is 6.07 Å². The molecule has 0 radical (unpaired) electrons. The summed E-state index contributed by atoms with van der Waals surface area (Å²) in [7, 11) is 1.48. The first kappa shape index (κ1) is 25.8. The summed E-state index contributed by atoms with van der Waals surface area (Å²) in [5, 5.41) is 21.7. The average Bonchev–Trinajstić information content (AvgIpc) is 3.53. The van der Waals surface area contributed by atoms with Crippen LogP contribution in [0.15, 0.2) is 24.7 Å². The lowest BCUT2D eigenvalue weighted by Crippen LogP contribution is -2.26. The minimum absolute atomic E-state index is 0.00121. The monoisotopic (exact) mass is 535 g/mol. The van der Waals surface area contributed by atoms with Crippen molar-refractivity contribution in [2.45, 2.75) is 25.9 Å². The highest BCUT2D eigenvalue weighted by Crippen LogP contribution is 2.55. The maximum Gasteiger partial charge on any atom is 0.413 e. The lowest BCUT2D eigenvalue weighted by atomic mass is 10.1. The number of carbonyl (C=O) groups excluding carboxylic acids is 2. The number of nitriles is 1. The van der Waals surface area contributed by atoms with E-state index >= 15 is 0 Å². The van der Waals surface area contributed by atoms with E-state index in [1.807, 2.05) is 0 Å². The van der Waals surface area contributed by atoms with Crippen molar-refractivity contribution in [2.24, 2.45) is 18.4 Å². The van der Waals surface area contributed by atoms with Crippen molar-refractivity contribution in [3.63, 3.8) is 0 Å². The average molecular weight is 536 g/mol. The highest BCUT2D eigenvalue weighted by Gasteiger charge is 2.65. The van der Waals surface area contributed by atoms with E-state index in [0.717, 1.165) is 12.3 Å². The Morgan fingerprint density at radius 1 is 1.27 bits per heavy atom. The van der Waals surface area contributed by atoms with Gasteiger partial charge in [0.1, 0.15) is 22.5 Å². The van der Waals surface area contributed by atoms with Gasteiger partial charge in [-0.15, -0.1) is 5.10 Å². The second-order valence-corrected chi connectivity index (χ2v) is 8.45. The van der Waals surface area contributed by atoms with Crippen LogP contribution in [0, 0.1) is 28.5 Å². The summed E-state index contributed by atoms with van der Waals surface area (Å²) in [5.41, 5.74) is -1.53. The Balaban J connectivity index is 1.45. The lowest BCUT2D eigenvalue weighted by molar-refractivity contribution is -0.120. The van der Waals surface area contributed by atoms with Crippen molar-refractivity contribution >= 4 is 35.1 Å². The summed E-state index contributed by atoms with van der Waals surface area (Å²) in [4.78, 5) is 36.6. The summed E-state index contributed by atoms with van der Waals surface area (Å²) in [6.45, 7) is 1.47. The van der Waals surface area contributed by atoms with Gasteiger partial charge >= 0.3 is 6.09 Å². The second-order valence-electron chi connectivity index (χ2n) is 8.09. The van der Waals surface area contributed by atoms with Crippen molar-refractivity contribution in [1.29, 1.82) is 5.26 Å². The van der Waals surface area contributed by atoms with Gasteiger partial charge in [-0.05, 0) is 19.4 Å². The van der Waals surface area contributed by atoms with Crippen LogP contribution in [-0.2, 0) is 16.6 Å². The molecule has 37 heavy (non-hydrogen) atoms. The number of carbonyl (C=O) groups is 2. The molecule has 1 aliphatic rings. The van der Waals surface area contributed by atoms with E-state index in [-0.39, 0.29) is 40.2 Å². The molecule has 1 saturated carbocycles. The topological polar surface area (TPSA) is 161 Å². The molecule has 3 heterocycles. The molecule has 2 N–H and O–H groups in total. The number of alkyl halides is 2. The van der Waals surface area contributed by atoms with Gasteiger partial charge in [-0.1, -0.05) is 16.8 Å². The van der Waals surface area contributed by atoms with Gasteiger partial charge in [0.2, 0.25) is 12.3 Å². The van der Waals surface area contributed by atoms with Gasteiger partial charge in [-0.3, -0.25) is 10.1 Å². The van der Waals surface area contributed by atoms with Gasteiger partial charge in [-0.2, -0.15) is 5.26 Å². The number of nitrogens with one attached hydrogen (secondary N) is 2. The fraction of sp³-hybridized carbons (Fsp3) is 0.333. The number of hydrogen-bond donors (Lipinski definition) is 2.